The normalized spacial score (nSPS) is 12.0. The maximum Gasteiger partial charge on any atom is 0.264 e. The fourth-order valence-corrected chi connectivity index (χ4v) is 5.42. The molecular weight excluding hydrogens is 481 g/mol. The number of hydrogen-bond acceptors (Lipinski definition) is 4. The van der Waals surface area contributed by atoms with Gasteiger partial charge in [-0.25, -0.2) is 12.8 Å². The van der Waals surface area contributed by atoms with Crippen LogP contribution in [-0.2, 0) is 26.2 Å². The van der Waals surface area contributed by atoms with Gasteiger partial charge < -0.3 is 10.2 Å². The predicted molar refractivity (Wildman–Crippen MR) is 137 cm³/mol. The molecule has 0 aromatic heterocycles. The summed E-state index contributed by atoms with van der Waals surface area (Å²) in [5.74, 6) is -1.62. The molecule has 0 saturated carbocycles. The van der Waals surface area contributed by atoms with Gasteiger partial charge >= 0.3 is 0 Å². The van der Waals surface area contributed by atoms with Crippen LogP contribution in [0.2, 0.25) is 0 Å². The van der Waals surface area contributed by atoms with Crippen LogP contribution in [0.5, 0.6) is 0 Å². The number of likely N-dealkylation sites (N-methyl/N-ethyl adjacent to an activating group) is 1. The minimum atomic E-state index is -4.14. The molecule has 0 spiro atoms. The van der Waals surface area contributed by atoms with E-state index in [9.17, 15) is 22.4 Å². The van der Waals surface area contributed by atoms with Gasteiger partial charge in [0.25, 0.3) is 10.0 Å². The first-order chi connectivity index (χ1) is 17.1. The maximum atomic E-state index is 14.4. The monoisotopic (exact) mass is 511 g/mol. The summed E-state index contributed by atoms with van der Waals surface area (Å²) in [6.07, 6.45) is 0. The molecule has 36 heavy (non-hydrogen) atoms. The summed E-state index contributed by atoms with van der Waals surface area (Å²) in [5.41, 5.74) is 2.16. The lowest BCUT2D eigenvalue weighted by Gasteiger charge is -2.32. The van der Waals surface area contributed by atoms with Gasteiger partial charge in [0.1, 0.15) is 18.4 Å². The lowest BCUT2D eigenvalue weighted by molar-refractivity contribution is -0.139. The maximum absolute atomic E-state index is 14.4. The number of rotatable bonds is 9. The molecular formula is C27H30FN3O4S. The fraction of sp³-hybridized carbons (Fsp3) is 0.259. The number of amides is 2. The minimum Gasteiger partial charge on any atom is -0.357 e. The van der Waals surface area contributed by atoms with E-state index in [4.69, 9.17) is 0 Å². The van der Waals surface area contributed by atoms with Crippen molar-refractivity contribution in [2.24, 2.45) is 0 Å². The highest BCUT2D eigenvalue weighted by atomic mass is 32.2. The standard InChI is InChI=1S/C27H30FN3O4S/c1-19-14-15-25(20(2)16-19)31(36(34,35)23-11-6-5-7-12-23)18-26(32)30(21(3)27(33)29-4)17-22-10-8-9-13-24(22)28/h5-16,21H,17-18H2,1-4H3,(H,29,33). The number of carbonyl (C=O) groups is 2. The summed E-state index contributed by atoms with van der Waals surface area (Å²) in [4.78, 5) is 27.4. The van der Waals surface area contributed by atoms with Gasteiger partial charge in [-0.15, -0.1) is 0 Å². The molecule has 1 atom stereocenters. The summed E-state index contributed by atoms with van der Waals surface area (Å²) in [6, 6.07) is 18.1. The molecule has 0 aliphatic rings. The van der Waals surface area contributed by atoms with Crippen molar-refractivity contribution in [3.05, 3.63) is 95.3 Å². The number of benzene rings is 3. The first-order valence-corrected chi connectivity index (χ1v) is 12.9. The zero-order valence-corrected chi connectivity index (χ0v) is 21.5. The van der Waals surface area contributed by atoms with Gasteiger partial charge in [0, 0.05) is 19.2 Å². The zero-order chi connectivity index (χ0) is 26.5. The second kappa shape index (κ2) is 11.3. The van der Waals surface area contributed by atoms with Gasteiger partial charge in [0.2, 0.25) is 11.8 Å². The average Bonchev–Trinajstić information content (AvgIpc) is 2.86. The van der Waals surface area contributed by atoms with Crippen LogP contribution in [0.1, 0.15) is 23.6 Å². The highest BCUT2D eigenvalue weighted by molar-refractivity contribution is 7.92. The Morgan fingerprint density at radius 3 is 2.22 bits per heavy atom. The van der Waals surface area contributed by atoms with Crippen molar-refractivity contribution in [1.82, 2.24) is 10.2 Å². The van der Waals surface area contributed by atoms with Crippen molar-refractivity contribution in [2.75, 3.05) is 17.9 Å². The summed E-state index contributed by atoms with van der Waals surface area (Å²) < 4.78 is 42.9. The largest absolute Gasteiger partial charge is 0.357 e. The molecule has 0 fully saturated rings. The van der Waals surface area contributed by atoms with Crippen molar-refractivity contribution in [3.8, 4) is 0 Å². The van der Waals surface area contributed by atoms with E-state index in [0.717, 1.165) is 9.87 Å². The number of hydrogen-bond donors (Lipinski definition) is 1. The van der Waals surface area contributed by atoms with Gasteiger partial charge in [0.05, 0.1) is 10.6 Å². The third kappa shape index (κ3) is 5.91. The van der Waals surface area contributed by atoms with Crippen molar-refractivity contribution >= 4 is 27.5 Å². The van der Waals surface area contributed by atoms with E-state index in [1.807, 2.05) is 13.0 Å². The van der Waals surface area contributed by atoms with Gasteiger partial charge in [-0.05, 0) is 50.6 Å². The van der Waals surface area contributed by atoms with E-state index < -0.39 is 40.2 Å². The molecule has 0 aliphatic heterocycles. The van der Waals surface area contributed by atoms with Crippen molar-refractivity contribution in [3.63, 3.8) is 0 Å². The highest BCUT2D eigenvalue weighted by Gasteiger charge is 2.33. The van der Waals surface area contributed by atoms with Crippen LogP contribution >= 0.6 is 0 Å². The molecule has 9 heteroatoms. The Kier molecular flexibility index (Phi) is 8.47. The van der Waals surface area contributed by atoms with E-state index in [-0.39, 0.29) is 17.0 Å². The number of nitrogens with one attached hydrogen (secondary N) is 1. The Morgan fingerprint density at radius 2 is 1.61 bits per heavy atom. The molecule has 0 heterocycles. The van der Waals surface area contributed by atoms with E-state index in [2.05, 4.69) is 5.32 Å². The smallest absolute Gasteiger partial charge is 0.264 e. The average molecular weight is 512 g/mol. The number of aryl methyl sites for hydroxylation is 2. The molecule has 2 amide bonds. The Morgan fingerprint density at radius 1 is 0.972 bits per heavy atom. The second-order valence-electron chi connectivity index (χ2n) is 8.52. The first kappa shape index (κ1) is 26.9. The lowest BCUT2D eigenvalue weighted by Crippen LogP contribution is -2.51. The Bertz CT molecular complexity index is 1350. The highest BCUT2D eigenvalue weighted by Crippen LogP contribution is 2.28. The van der Waals surface area contributed by atoms with Gasteiger partial charge in [-0.2, -0.15) is 0 Å². The fourth-order valence-electron chi connectivity index (χ4n) is 3.92. The van der Waals surface area contributed by atoms with Crippen molar-refractivity contribution in [2.45, 2.75) is 38.3 Å². The number of nitrogens with zero attached hydrogens (tertiary/aromatic N) is 2. The number of halogens is 1. The molecule has 3 aromatic rings. The molecule has 190 valence electrons. The van der Waals surface area contributed by atoms with E-state index in [1.54, 1.807) is 43.3 Å². The summed E-state index contributed by atoms with van der Waals surface area (Å²) in [6.45, 7) is 4.40. The van der Waals surface area contributed by atoms with Gasteiger partial charge in [0.15, 0.2) is 0 Å². The van der Waals surface area contributed by atoms with Crippen LogP contribution in [0.4, 0.5) is 10.1 Å². The third-order valence-corrected chi connectivity index (χ3v) is 7.72. The van der Waals surface area contributed by atoms with Crippen molar-refractivity contribution < 1.29 is 22.4 Å². The van der Waals surface area contributed by atoms with Crippen LogP contribution in [-0.4, -0.2) is 44.8 Å². The van der Waals surface area contributed by atoms with Crippen LogP contribution in [0, 0.1) is 19.7 Å². The van der Waals surface area contributed by atoms with Crippen molar-refractivity contribution in [1.29, 1.82) is 0 Å². The van der Waals surface area contributed by atoms with Crippen LogP contribution < -0.4 is 9.62 Å². The second-order valence-corrected chi connectivity index (χ2v) is 10.4. The lowest BCUT2D eigenvalue weighted by atomic mass is 10.1. The number of sulfonamides is 1. The summed E-state index contributed by atoms with van der Waals surface area (Å²) in [7, 11) is -2.70. The Balaban J connectivity index is 2.07. The van der Waals surface area contributed by atoms with Gasteiger partial charge in [-0.3, -0.25) is 13.9 Å². The Hall–Kier alpha value is -3.72. The molecule has 3 rings (SSSR count). The number of anilines is 1. The minimum absolute atomic E-state index is 0.0257. The molecule has 0 bridgehead atoms. The van der Waals surface area contributed by atoms with Crippen LogP contribution in [0.15, 0.2) is 77.7 Å². The molecule has 0 radical (unpaired) electrons. The Labute approximate surface area is 211 Å². The molecule has 1 N–H and O–H groups in total. The molecule has 0 saturated heterocycles. The number of carbonyl (C=O) groups excluding carboxylic acids is 2. The molecule has 7 nitrogen and oxygen atoms in total. The SMILES string of the molecule is CNC(=O)C(C)N(Cc1ccccc1F)C(=O)CN(c1ccc(C)cc1C)S(=O)(=O)c1ccccc1. The van der Waals surface area contributed by atoms with Crippen LogP contribution in [0.3, 0.4) is 0 Å². The quantitative estimate of drug-likeness (QED) is 0.474. The first-order valence-electron chi connectivity index (χ1n) is 11.5. The predicted octanol–water partition coefficient (Wildman–Crippen LogP) is 3.80. The summed E-state index contributed by atoms with van der Waals surface area (Å²) >= 11 is 0. The molecule has 0 aliphatic carbocycles. The molecule has 1 unspecified atom stereocenters. The zero-order valence-electron chi connectivity index (χ0n) is 20.7. The van der Waals surface area contributed by atoms with E-state index in [0.29, 0.717) is 11.3 Å². The van der Waals surface area contributed by atoms with E-state index >= 15 is 0 Å². The van der Waals surface area contributed by atoms with Gasteiger partial charge in [-0.1, -0.05) is 54.1 Å². The van der Waals surface area contributed by atoms with Crippen LogP contribution in [0.25, 0.3) is 0 Å². The topological polar surface area (TPSA) is 86.8 Å². The molecule has 3 aromatic carbocycles. The third-order valence-electron chi connectivity index (χ3n) is 5.94. The summed E-state index contributed by atoms with van der Waals surface area (Å²) in [5, 5.41) is 2.50. The van der Waals surface area contributed by atoms with E-state index in [1.165, 1.54) is 49.2 Å².